The van der Waals surface area contributed by atoms with Gasteiger partial charge in [0.25, 0.3) is 11.8 Å². The van der Waals surface area contributed by atoms with Crippen molar-refractivity contribution in [2.24, 2.45) is 0 Å². The highest BCUT2D eigenvalue weighted by molar-refractivity contribution is 6.04. The summed E-state index contributed by atoms with van der Waals surface area (Å²) in [6.07, 6.45) is 1.44. The molecular formula is C15H24N6O2. The Balaban J connectivity index is 1.71. The Kier molecular flexibility index (Phi) is 4.63. The van der Waals surface area contributed by atoms with Gasteiger partial charge in [0.2, 0.25) is 0 Å². The number of imidazole rings is 1. The quantitative estimate of drug-likeness (QED) is 0.771. The summed E-state index contributed by atoms with van der Waals surface area (Å²) < 4.78 is 0. The van der Waals surface area contributed by atoms with Gasteiger partial charge in [-0.25, -0.2) is 4.98 Å². The molecule has 8 heteroatoms. The van der Waals surface area contributed by atoms with Crippen LogP contribution in [0.5, 0.6) is 0 Å². The second kappa shape index (κ2) is 6.67. The summed E-state index contributed by atoms with van der Waals surface area (Å²) in [5.74, 6) is -0.287. The van der Waals surface area contributed by atoms with Crippen LogP contribution in [-0.4, -0.2) is 108 Å². The van der Waals surface area contributed by atoms with E-state index in [9.17, 15) is 9.59 Å². The topological polar surface area (TPSA) is 75.8 Å². The van der Waals surface area contributed by atoms with E-state index in [1.165, 1.54) is 6.33 Å². The van der Waals surface area contributed by atoms with Gasteiger partial charge in [-0.15, -0.1) is 0 Å². The summed E-state index contributed by atoms with van der Waals surface area (Å²) in [5, 5.41) is 0. The van der Waals surface area contributed by atoms with Crippen LogP contribution in [0.4, 0.5) is 0 Å². The molecular weight excluding hydrogens is 296 g/mol. The smallest absolute Gasteiger partial charge is 0.274 e. The molecule has 23 heavy (non-hydrogen) atoms. The standard InChI is InChI=1S/C15H24N6O2/c1-18-3-7-20(8-4-18)14(22)12-13(17-11-16-12)15(23)21-9-5-19(2)6-10-21/h11H,3-10H2,1-2H3,(H,16,17). The number of nitrogens with one attached hydrogen (secondary N) is 1. The zero-order valence-corrected chi connectivity index (χ0v) is 13.8. The number of aromatic amines is 1. The van der Waals surface area contributed by atoms with E-state index in [-0.39, 0.29) is 17.5 Å². The minimum Gasteiger partial charge on any atom is -0.340 e. The molecule has 2 aliphatic heterocycles. The zero-order valence-electron chi connectivity index (χ0n) is 13.8. The molecule has 0 bridgehead atoms. The minimum atomic E-state index is -0.156. The number of nitrogens with zero attached hydrogens (tertiary/aromatic N) is 5. The van der Waals surface area contributed by atoms with Crippen LogP contribution in [0.1, 0.15) is 21.0 Å². The third kappa shape index (κ3) is 3.37. The molecule has 2 saturated heterocycles. The van der Waals surface area contributed by atoms with Crippen LogP contribution in [0, 0.1) is 0 Å². The molecule has 8 nitrogen and oxygen atoms in total. The number of hydrogen-bond donors (Lipinski definition) is 1. The van der Waals surface area contributed by atoms with E-state index in [4.69, 9.17) is 0 Å². The molecule has 0 spiro atoms. The van der Waals surface area contributed by atoms with Crippen molar-refractivity contribution in [3.05, 3.63) is 17.7 Å². The van der Waals surface area contributed by atoms with E-state index >= 15 is 0 Å². The van der Waals surface area contributed by atoms with Crippen molar-refractivity contribution in [2.75, 3.05) is 66.5 Å². The molecule has 1 aromatic heterocycles. The highest BCUT2D eigenvalue weighted by atomic mass is 16.2. The van der Waals surface area contributed by atoms with Crippen molar-refractivity contribution >= 4 is 11.8 Å². The molecule has 126 valence electrons. The maximum atomic E-state index is 12.7. The van der Waals surface area contributed by atoms with Gasteiger partial charge >= 0.3 is 0 Å². The van der Waals surface area contributed by atoms with Crippen LogP contribution in [0.3, 0.4) is 0 Å². The molecule has 0 aromatic carbocycles. The number of aromatic nitrogens is 2. The van der Waals surface area contributed by atoms with Crippen molar-refractivity contribution < 1.29 is 9.59 Å². The number of H-pyrrole nitrogens is 1. The Hall–Kier alpha value is -1.93. The molecule has 0 saturated carbocycles. The summed E-state index contributed by atoms with van der Waals surface area (Å²) in [7, 11) is 4.08. The monoisotopic (exact) mass is 320 g/mol. The summed E-state index contributed by atoms with van der Waals surface area (Å²) in [4.78, 5) is 40.3. The largest absolute Gasteiger partial charge is 0.340 e. The van der Waals surface area contributed by atoms with Crippen LogP contribution in [0.15, 0.2) is 6.33 Å². The van der Waals surface area contributed by atoms with Crippen LogP contribution in [0.2, 0.25) is 0 Å². The molecule has 1 N–H and O–H groups in total. The number of carbonyl (C=O) groups excluding carboxylic acids is 2. The highest BCUT2D eigenvalue weighted by Gasteiger charge is 2.29. The van der Waals surface area contributed by atoms with Crippen LogP contribution < -0.4 is 0 Å². The number of rotatable bonds is 2. The Morgan fingerprint density at radius 1 is 0.870 bits per heavy atom. The fourth-order valence-electron chi connectivity index (χ4n) is 2.95. The van der Waals surface area contributed by atoms with Gasteiger partial charge in [0.15, 0.2) is 5.69 Å². The molecule has 2 fully saturated rings. The van der Waals surface area contributed by atoms with E-state index in [0.29, 0.717) is 31.9 Å². The minimum absolute atomic E-state index is 0.131. The number of amides is 2. The maximum absolute atomic E-state index is 12.7. The predicted octanol–water partition coefficient (Wildman–Crippen LogP) is -0.815. The van der Waals surface area contributed by atoms with Gasteiger partial charge in [0.1, 0.15) is 5.69 Å². The van der Waals surface area contributed by atoms with Gasteiger partial charge in [-0.2, -0.15) is 0 Å². The first-order valence-electron chi connectivity index (χ1n) is 8.05. The van der Waals surface area contributed by atoms with Crippen molar-refractivity contribution in [1.29, 1.82) is 0 Å². The summed E-state index contributed by atoms with van der Waals surface area (Å²) >= 11 is 0. The van der Waals surface area contributed by atoms with Gasteiger partial charge < -0.3 is 24.6 Å². The Labute approximate surface area is 136 Å². The van der Waals surface area contributed by atoms with Gasteiger partial charge in [-0.3, -0.25) is 9.59 Å². The van der Waals surface area contributed by atoms with Gasteiger partial charge in [0.05, 0.1) is 6.33 Å². The SMILES string of the molecule is CN1CCN(C(=O)c2nc[nH]c2C(=O)N2CCN(C)CC2)CC1. The van der Waals surface area contributed by atoms with E-state index < -0.39 is 0 Å². The van der Waals surface area contributed by atoms with E-state index in [1.807, 2.05) is 14.1 Å². The van der Waals surface area contributed by atoms with Crippen LogP contribution >= 0.6 is 0 Å². The lowest BCUT2D eigenvalue weighted by Gasteiger charge is -2.33. The van der Waals surface area contributed by atoms with Gasteiger partial charge in [-0.05, 0) is 14.1 Å². The van der Waals surface area contributed by atoms with Crippen molar-refractivity contribution in [3.8, 4) is 0 Å². The lowest BCUT2D eigenvalue weighted by atomic mass is 10.2. The van der Waals surface area contributed by atoms with Crippen molar-refractivity contribution in [1.82, 2.24) is 29.6 Å². The lowest BCUT2D eigenvalue weighted by molar-refractivity contribution is 0.0619. The molecule has 2 aliphatic rings. The first-order valence-corrected chi connectivity index (χ1v) is 8.05. The summed E-state index contributed by atoms with van der Waals surface area (Å²) in [6.45, 7) is 6.08. The zero-order chi connectivity index (χ0) is 16.4. The first kappa shape index (κ1) is 15.9. The molecule has 0 unspecified atom stereocenters. The second-order valence-electron chi connectivity index (χ2n) is 6.32. The van der Waals surface area contributed by atoms with Gasteiger partial charge in [0, 0.05) is 52.4 Å². The summed E-state index contributed by atoms with van der Waals surface area (Å²) in [5.41, 5.74) is 0.567. The van der Waals surface area contributed by atoms with E-state index in [0.717, 1.165) is 26.2 Å². The Morgan fingerprint density at radius 2 is 1.35 bits per heavy atom. The first-order chi connectivity index (χ1) is 11.1. The van der Waals surface area contributed by atoms with Crippen LogP contribution in [0.25, 0.3) is 0 Å². The number of piperazine rings is 2. The molecule has 3 heterocycles. The Bertz CT molecular complexity index is 522. The second-order valence-corrected chi connectivity index (χ2v) is 6.32. The van der Waals surface area contributed by atoms with Gasteiger partial charge in [-0.1, -0.05) is 0 Å². The highest BCUT2D eigenvalue weighted by Crippen LogP contribution is 2.13. The predicted molar refractivity (Wildman–Crippen MR) is 85.4 cm³/mol. The lowest BCUT2D eigenvalue weighted by Crippen LogP contribution is -2.49. The van der Waals surface area contributed by atoms with E-state index in [2.05, 4.69) is 19.8 Å². The Morgan fingerprint density at radius 3 is 1.87 bits per heavy atom. The van der Waals surface area contributed by atoms with Crippen molar-refractivity contribution in [3.63, 3.8) is 0 Å². The van der Waals surface area contributed by atoms with Crippen molar-refractivity contribution in [2.45, 2.75) is 0 Å². The maximum Gasteiger partial charge on any atom is 0.274 e. The fraction of sp³-hybridized carbons (Fsp3) is 0.667. The molecule has 0 atom stereocenters. The average Bonchev–Trinajstić information content (AvgIpc) is 3.04. The number of carbonyl (C=O) groups is 2. The average molecular weight is 320 g/mol. The molecule has 0 aliphatic carbocycles. The third-order valence-corrected chi connectivity index (χ3v) is 4.64. The normalized spacial score (nSPS) is 20.8. The number of hydrogen-bond acceptors (Lipinski definition) is 5. The summed E-state index contributed by atoms with van der Waals surface area (Å²) in [6, 6.07) is 0. The molecule has 3 rings (SSSR count). The number of likely N-dealkylation sites (N-methyl/N-ethyl adjacent to an activating group) is 2. The van der Waals surface area contributed by atoms with E-state index in [1.54, 1.807) is 9.80 Å². The molecule has 2 amide bonds. The fourth-order valence-corrected chi connectivity index (χ4v) is 2.95. The third-order valence-electron chi connectivity index (χ3n) is 4.64. The van der Waals surface area contributed by atoms with Crippen LogP contribution in [-0.2, 0) is 0 Å². The molecule has 0 radical (unpaired) electrons. The molecule has 1 aromatic rings.